The maximum Gasteiger partial charge on any atom is 0.0787 e. The van der Waals surface area contributed by atoms with Gasteiger partial charge in [-0.05, 0) is 36.2 Å². The first-order valence-corrected chi connectivity index (χ1v) is 6.62. The largest absolute Gasteiger partial charge is 0.388 e. The molecule has 0 amide bonds. The van der Waals surface area contributed by atoms with Crippen LogP contribution in [0.4, 0.5) is 0 Å². The second-order valence-corrected chi connectivity index (χ2v) is 5.06. The first-order chi connectivity index (χ1) is 8.29. The van der Waals surface area contributed by atoms with E-state index in [1.807, 2.05) is 37.3 Å². The summed E-state index contributed by atoms with van der Waals surface area (Å²) in [6.07, 6.45) is 0.413. The van der Waals surface area contributed by atoms with Gasteiger partial charge in [0.15, 0.2) is 0 Å². The molecular weight excluding hydrogens is 228 g/mol. The summed E-state index contributed by atoms with van der Waals surface area (Å²) < 4.78 is 0. The Morgan fingerprint density at radius 2 is 1.53 bits per heavy atom. The van der Waals surface area contributed by atoms with Gasteiger partial charge in [-0.25, -0.2) is 0 Å². The molecule has 0 saturated heterocycles. The highest BCUT2D eigenvalue weighted by Crippen LogP contribution is 2.28. The SMILES string of the molecule is CC[C@H](O)c1ccc(Sc2ccccc2)cc1. The molecule has 0 fully saturated rings. The lowest BCUT2D eigenvalue weighted by molar-refractivity contribution is 0.173. The third-order valence-corrected chi connectivity index (χ3v) is 3.65. The molecule has 0 unspecified atom stereocenters. The number of benzene rings is 2. The Morgan fingerprint density at radius 1 is 0.941 bits per heavy atom. The molecule has 0 aliphatic heterocycles. The maximum absolute atomic E-state index is 9.70. The first kappa shape index (κ1) is 12.2. The predicted molar refractivity (Wildman–Crippen MR) is 72.3 cm³/mol. The monoisotopic (exact) mass is 244 g/mol. The van der Waals surface area contributed by atoms with E-state index in [1.165, 1.54) is 9.79 Å². The summed E-state index contributed by atoms with van der Waals surface area (Å²) in [5.74, 6) is 0. The van der Waals surface area contributed by atoms with Gasteiger partial charge >= 0.3 is 0 Å². The van der Waals surface area contributed by atoms with E-state index < -0.39 is 0 Å². The highest BCUT2D eigenvalue weighted by atomic mass is 32.2. The van der Waals surface area contributed by atoms with Crippen LogP contribution in [0.3, 0.4) is 0 Å². The summed E-state index contributed by atoms with van der Waals surface area (Å²) in [6, 6.07) is 18.4. The van der Waals surface area contributed by atoms with E-state index in [4.69, 9.17) is 0 Å². The van der Waals surface area contributed by atoms with E-state index >= 15 is 0 Å². The topological polar surface area (TPSA) is 20.2 Å². The van der Waals surface area contributed by atoms with Crippen molar-refractivity contribution < 1.29 is 5.11 Å². The van der Waals surface area contributed by atoms with E-state index in [0.717, 1.165) is 12.0 Å². The quantitative estimate of drug-likeness (QED) is 0.866. The smallest absolute Gasteiger partial charge is 0.0787 e. The van der Waals surface area contributed by atoms with Crippen LogP contribution in [-0.2, 0) is 0 Å². The fourth-order valence-electron chi connectivity index (χ4n) is 1.62. The van der Waals surface area contributed by atoms with Crippen LogP contribution in [-0.4, -0.2) is 5.11 Å². The second kappa shape index (κ2) is 5.89. The molecule has 17 heavy (non-hydrogen) atoms. The van der Waals surface area contributed by atoms with Crippen molar-refractivity contribution in [2.75, 3.05) is 0 Å². The third-order valence-electron chi connectivity index (χ3n) is 2.63. The van der Waals surface area contributed by atoms with E-state index in [9.17, 15) is 5.11 Å². The molecule has 2 rings (SSSR count). The second-order valence-electron chi connectivity index (χ2n) is 3.91. The minimum absolute atomic E-state index is 0.342. The number of hydrogen-bond donors (Lipinski definition) is 1. The molecule has 88 valence electrons. The maximum atomic E-state index is 9.70. The third kappa shape index (κ3) is 3.35. The lowest BCUT2D eigenvalue weighted by Crippen LogP contribution is -1.93. The fraction of sp³-hybridized carbons (Fsp3) is 0.200. The van der Waals surface area contributed by atoms with E-state index in [-0.39, 0.29) is 6.10 Å². The van der Waals surface area contributed by atoms with Gasteiger partial charge in [-0.3, -0.25) is 0 Å². The molecule has 1 atom stereocenters. The van der Waals surface area contributed by atoms with Crippen LogP contribution in [0.5, 0.6) is 0 Å². The van der Waals surface area contributed by atoms with Crippen LogP contribution in [0.15, 0.2) is 64.4 Å². The zero-order chi connectivity index (χ0) is 12.1. The molecule has 0 bridgehead atoms. The van der Waals surface area contributed by atoms with Crippen molar-refractivity contribution in [1.29, 1.82) is 0 Å². The van der Waals surface area contributed by atoms with Gasteiger partial charge in [-0.15, -0.1) is 0 Å². The predicted octanol–water partition coefficient (Wildman–Crippen LogP) is 4.28. The highest BCUT2D eigenvalue weighted by Gasteiger charge is 2.04. The van der Waals surface area contributed by atoms with E-state index in [1.54, 1.807) is 11.8 Å². The first-order valence-electron chi connectivity index (χ1n) is 5.80. The molecule has 0 spiro atoms. The number of aliphatic hydroxyl groups excluding tert-OH is 1. The van der Waals surface area contributed by atoms with Gasteiger partial charge in [0.05, 0.1) is 6.10 Å². The van der Waals surface area contributed by atoms with Crippen molar-refractivity contribution in [3.63, 3.8) is 0 Å². The molecular formula is C15H16OS. The van der Waals surface area contributed by atoms with Gasteiger partial charge in [-0.2, -0.15) is 0 Å². The number of aliphatic hydroxyl groups is 1. The normalized spacial score (nSPS) is 12.4. The average molecular weight is 244 g/mol. The molecule has 0 radical (unpaired) electrons. The highest BCUT2D eigenvalue weighted by molar-refractivity contribution is 7.99. The van der Waals surface area contributed by atoms with Gasteiger partial charge in [-0.1, -0.05) is 49.0 Å². The van der Waals surface area contributed by atoms with Crippen LogP contribution in [0, 0.1) is 0 Å². The Morgan fingerprint density at radius 3 is 2.12 bits per heavy atom. The standard InChI is InChI=1S/C15H16OS/c1-2-15(16)12-8-10-14(11-9-12)17-13-6-4-3-5-7-13/h3-11,15-16H,2H2,1H3/t15-/m0/s1. The molecule has 2 aromatic rings. The van der Waals surface area contributed by atoms with Crippen molar-refractivity contribution in [2.24, 2.45) is 0 Å². The van der Waals surface area contributed by atoms with Crippen molar-refractivity contribution in [2.45, 2.75) is 29.2 Å². The number of rotatable bonds is 4. The van der Waals surface area contributed by atoms with Crippen LogP contribution in [0.1, 0.15) is 25.0 Å². The molecule has 0 aliphatic carbocycles. The van der Waals surface area contributed by atoms with Gasteiger partial charge in [0.2, 0.25) is 0 Å². The zero-order valence-electron chi connectivity index (χ0n) is 9.84. The summed E-state index contributed by atoms with van der Waals surface area (Å²) in [7, 11) is 0. The van der Waals surface area contributed by atoms with Crippen LogP contribution in [0.25, 0.3) is 0 Å². The molecule has 1 N–H and O–H groups in total. The van der Waals surface area contributed by atoms with Gasteiger partial charge in [0, 0.05) is 9.79 Å². The van der Waals surface area contributed by atoms with Gasteiger partial charge in [0.1, 0.15) is 0 Å². The molecule has 0 aliphatic rings. The minimum Gasteiger partial charge on any atom is -0.388 e. The number of hydrogen-bond acceptors (Lipinski definition) is 2. The van der Waals surface area contributed by atoms with Gasteiger partial charge in [0.25, 0.3) is 0 Å². The van der Waals surface area contributed by atoms with Crippen LogP contribution >= 0.6 is 11.8 Å². The van der Waals surface area contributed by atoms with Crippen molar-refractivity contribution >= 4 is 11.8 Å². The summed E-state index contributed by atoms with van der Waals surface area (Å²) in [4.78, 5) is 2.43. The molecule has 2 aromatic carbocycles. The Balaban J connectivity index is 2.08. The lowest BCUT2D eigenvalue weighted by atomic mass is 10.1. The van der Waals surface area contributed by atoms with Crippen LogP contribution < -0.4 is 0 Å². The van der Waals surface area contributed by atoms with Gasteiger partial charge < -0.3 is 5.11 Å². The molecule has 1 nitrogen and oxygen atoms in total. The molecule has 0 heterocycles. The molecule has 2 heteroatoms. The Hall–Kier alpha value is -1.25. The summed E-state index contributed by atoms with van der Waals surface area (Å²) in [5.41, 5.74) is 0.991. The van der Waals surface area contributed by atoms with Crippen LogP contribution in [0.2, 0.25) is 0 Å². The summed E-state index contributed by atoms with van der Waals surface area (Å²) >= 11 is 1.73. The van der Waals surface area contributed by atoms with Crippen molar-refractivity contribution in [3.8, 4) is 0 Å². The molecule has 0 aromatic heterocycles. The molecule has 0 saturated carbocycles. The summed E-state index contributed by atoms with van der Waals surface area (Å²) in [6.45, 7) is 1.98. The minimum atomic E-state index is -0.342. The van der Waals surface area contributed by atoms with Crippen molar-refractivity contribution in [3.05, 3.63) is 60.2 Å². The van der Waals surface area contributed by atoms with E-state index in [0.29, 0.717) is 0 Å². The Kier molecular flexibility index (Phi) is 4.24. The van der Waals surface area contributed by atoms with Crippen molar-refractivity contribution in [1.82, 2.24) is 0 Å². The Labute approximate surface area is 107 Å². The fourth-order valence-corrected chi connectivity index (χ4v) is 2.46. The average Bonchev–Trinajstić information content (AvgIpc) is 2.40. The van der Waals surface area contributed by atoms with E-state index in [2.05, 4.69) is 24.3 Å². The summed E-state index contributed by atoms with van der Waals surface area (Å²) in [5, 5.41) is 9.70. The Bertz CT molecular complexity index is 450. The zero-order valence-corrected chi connectivity index (χ0v) is 10.7. The lowest BCUT2D eigenvalue weighted by Gasteiger charge is -2.08.